The van der Waals surface area contributed by atoms with Crippen LogP contribution in [0.3, 0.4) is 0 Å². The SMILES string of the molecule is COc1ccc(-[n+]2noc([O-])c2CNC2CC(=O)N(c3ccc(Cl)cc3)C2=O)cc1. The second-order valence-electron chi connectivity index (χ2n) is 6.60. The minimum absolute atomic E-state index is 0.00743. The number of carbonyl (C=O) groups is 2. The Bertz CT molecular complexity index is 1080. The topological polar surface area (TPSA) is 112 Å². The van der Waals surface area contributed by atoms with Crippen LogP contribution in [0.15, 0.2) is 53.1 Å². The second-order valence-corrected chi connectivity index (χ2v) is 7.03. The highest BCUT2D eigenvalue weighted by Gasteiger charge is 2.39. The number of amides is 2. The average molecular weight is 429 g/mol. The Kier molecular flexibility index (Phi) is 5.39. The molecule has 2 aromatic carbocycles. The van der Waals surface area contributed by atoms with Crippen LogP contribution in [0.5, 0.6) is 11.7 Å². The lowest BCUT2D eigenvalue weighted by Gasteiger charge is -2.15. The molecule has 30 heavy (non-hydrogen) atoms. The highest BCUT2D eigenvalue weighted by atomic mass is 35.5. The van der Waals surface area contributed by atoms with E-state index in [1.807, 2.05) is 0 Å². The van der Waals surface area contributed by atoms with E-state index in [4.69, 9.17) is 20.9 Å². The molecular formula is C20H17ClN4O5. The van der Waals surface area contributed by atoms with Gasteiger partial charge >= 0.3 is 0 Å². The van der Waals surface area contributed by atoms with E-state index in [0.717, 1.165) is 4.90 Å². The van der Waals surface area contributed by atoms with Gasteiger partial charge in [0.1, 0.15) is 5.75 Å². The summed E-state index contributed by atoms with van der Waals surface area (Å²) in [6.07, 6.45) is -0.0243. The number of aromatic nitrogens is 2. The zero-order valence-electron chi connectivity index (χ0n) is 15.9. The van der Waals surface area contributed by atoms with Crippen LogP contribution in [0.4, 0.5) is 5.69 Å². The van der Waals surface area contributed by atoms with E-state index in [1.54, 1.807) is 55.6 Å². The van der Waals surface area contributed by atoms with Gasteiger partial charge in [0.15, 0.2) is 5.95 Å². The van der Waals surface area contributed by atoms with Crippen LogP contribution in [0.25, 0.3) is 5.69 Å². The maximum absolute atomic E-state index is 12.7. The van der Waals surface area contributed by atoms with Crippen molar-refractivity contribution < 1.29 is 28.6 Å². The monoisotopic (exact) mass is 428 g/mol. The summed E-state index contributed by atoms with van der Waals surface area (Å²) in [6, 6.07) is 12.5. The smallest absolute Gasteiger partial charge is 0.253 e. The van der Waals surface area contributed by atoms with Crippen molar-refractivity contribution >= 4 is 29.1 Å². The van der Waals surface area contributed by atoms with Crippen molar-refractivity contribution in [3.05, 3.63) is 59.2 Å². The molecule has 0 spiro atoms. The molecule has 1 saturated heterocycles. The van der Waals surface area contributed by atoms with E-state index < -0.39 is 17.9 Å². The summed E-state index contributed by atoms with van der Waals surface area (Å²) >= 11 is 5.87. The molecule has 1 aromatic heterocycles. The summed E-state index contributed by atoms with van der Waals surface area (Å²) in [6.45, 7) is -0.00743. The van der Waals surface area contributed by atoms with Crippen molar-refractivity contribution in [1.82, 2.24) is 10.6 Å². The maximum atomic E-state index is 12.7. The number of rotatable bonds is 6. The first-order valence-electron chi connectivity index (χ1n) is 9.06. The summed E-state index contributed by atoms with van der Waals surface area (Å²) in [7, 11) is 1.55. The predicted octanol–water partition coefficient (Wildman–Crippen LogP) is 1.11. The van der Waals surface area contributed by atoms with Crippen molar-refractivity contribution in [1.29, 1.82) is 0 Å². The van der Waals surface area contributed by atoms with E-state index in [0.29, 0.717) is 22.1 Å². The normalized spacial score (nSPS) is 16.3. The molecule has 4 rings (SSSR count). The van der Waals surface area contributed by atoms with Crippen LogP contribution in [-0.4, -0.2) is 30.2 Å². The summed E-state index contributed by atoms with van der Waals surface area (Å²) in [5, 5.41) is 19.4. The first-order valence-corrected chi connectivity index (χ1v) is 9.44. The predicted molar refractivity (Wildman–Crippen MR) is 103 cm³/mol. The minimum atomic E-state index is -0.771. The number of methoxy groups -OCH3 is 1. The van der Waals surface area contributed by atoms with Crippen LogP contribution < -0.4 is 24.7 Å². The van der Waals surface area contributed by atoms with Gasteiger partial charge in [-0.05, 0) is 41.1 Å². The summed E-state index contributed by atoms with van der Waals surface area (Å²) in [4.78, 5) is 26.2. The van der Waals surface area contributed by atoms with Crippen LogP contribution in [0.2, 0.25) is 5.02 Å². The number of benzene rings is 2. The van der Waals surface area contributed by atoms with Crippen LogP contribution >= 0.6 is 11.6 Å². The molecule has 9 nitrogen and oxygen atoms in total. The molecule has 2 heterocycles. The lowest BCUT2D eigenvalue weighted by atomic mass is 10.2. The molecule has 3 aromatic rings. The Balaban J connectivity index is 1.50. The number of anilines is 1. The Morgan fingerprint density at radius 1 is 1.23 bits per heavy atom. The molecule has 0 bridgehead atoms. The third kappa shape index (κ3) is 3.72. The van der Waals surface area contributed by atoms with Gasteiger partial charge in [-0.2, -0.15) is 0 Å². The fraction of sp³-hybridized carbons (Fsp3) is 0.200. The van der Waals surface area contributed by atoms with Gasteiger partial charge in [-0.15, -0.1) is 0 Å². The molecule has 1 unspecified atom stereocenters. The second kappa shape index (κ2) is 8.13. The lowest BCUT2D eigenvalue weighted by Crippen LogP contribution is -2.43. The Morgan fingerprint density at radius 2 is 1.93 bits per heavy atom. The molecule has 154 valence electrons. The fourth-order valence-electron chi connectivity index (χ4n) is 3.21. The zero-order valence-corrected chi connectivity index (χ0v) is 16.6. The minimum Gasteiger partial charge on any atom is -0.539 e. The number of carbonyl (C=O) groups excluding carboxylic acids is 2. The Hall–Kier alpha value is -3.43. The zero-order chi connectivity index (χ0) is 21.3. The van der Waals surface area contributed by atoms with Gasteiger partial charge in [-0.1, -0.05) is 11.6 Å². The largest absolute Gasteiger partial charge is 0.539 e. The third-order valence-corrected chi connectivity index (χ3v) is 5.01. The number of nitrogens with one attached hydrogen (secondary N) is 1. The molecule has 2 amide bonds. The Morgan fingerprint density at radius 3 is 2.60 bits per heavy atom. The molecule has 1 N–H and O–H groups in total. The first kappa shape index (κ1) is 19.9. The van der Waals surface area contributed by atoms with E-state index in [9.17, 15) is 14.7 Å². The van der Waals surface area contributed by atoms with Gasteiger partial charge in [0.2, 0.25) is 11.6 Å². The molecule has 1 fully saturated rings. The van der Waals surface area contributed by atoms with Gasteiger partial charge in [0, 0.05) is 17.2 Å². The summed E-state index contributed by atoms with van der Waals surface area (Å²) in [5.41, 5.74) is 1.24. The molecule has 1 atom stereocenters. The van der Waals surface area contributed by atoms with E-state index in [1.165, 1.54) is 4.68 Å². The Labute approximate surface area is 176 Å². The number of imide groups is 1. The summed E-state index contributed by atoms with van der Waals surface area (Å²) < 4.78 is 11.2. The third-order valence-electron chi connectivity index (χ3n) is 4.76. The highest BCUT2D eigenvalue weighted by molar-refractivity contribution is 6.30. The molecule has 0 aliphatic carbocycles. The molecule has 1 aliphatic heterocycles. The number of ether oxygens (including phenoxy) is 1. The van der Waals surface area contributed by atoms with E-state index >= 15 is 0 Å². The first-order chi connectivity index (χ1) is 14.5. The average Bonchev–Trinajstić information content (AvgIpc) is 3.26. The summed E-state index contributed by atoms with van der Waals surface area (Å²) in [5.74, 6) is -0.718. The molecule has 0 saturated carbocycles. The van der Waals surface area contributed by atoms with Gasteiger partial charge in [-0.3, -0.25) is 14.9 Å². The van der Waals surface area contributed by atoms with Gasteiger partial charge in [-0.25, -0.2) is 4.90 Å². The van der Waals surface area contributed by atoms with Gasteiger partial charge in [0.25, 0.3) is 11.6 Å². The molecule has 10 heteroatoms. The maximum Gasteiger partial charge on any atom is 0.253 e. The lowest BCUT2D eigenvalue weighted by molar-refractivity contribution is -0.677. The number of hydrogen-bond acceptors (Lipinski definition) is 7. The van der Waals surface area contributed by atoms with Crippen molar-refractivity contribution in [3.63, 3.8) is 0 Å². The molecule has 0 radical (unpaired) electrons. The standard InChI is InChI=1S/C20H17ClN4O5/c1-29-15-8-6-14(7-9-15)25-17(20(28)30-23-25)11-22-16-10-18(26)24(19(16)27)13-4-2-12(21)3-5-13/h2-9,16,22H,10-11H2,1H3. The van der Waals surface area contributed by atoms with E-state index in [2.05, 4.69) is 10.6 Å². The number of hydrogen-bond donors (Lipinski definition) is 1. The van der Waals surface area contributed by atoms with Crippen molar-refractivity contribution in [2.24, 2.45) is 0 Å². The van der Waals surface area contributed by atoms with Crippen LogP contribution in [0.1, 0.15) is 12.1 Å². The van der Waals surface area contributed by atoms with Crippen LogP contribution in [0, 0.1) is 0 Å². The highest BCUT2D eigenvalue weighted by Crippen LogP contribution is 2.25. The van der Waals surface area contributed by atoms with E-state index in [-0.39, 0.29) is 24.6 Å². The van der Waals surface area contributed by atoms with Crippen LogP contribution in [-0.2, 0) is 16.1 Å². The van der Waals surface area contributed by atoms with Crippen molar-refractivity contribution in [2.45, 2.75) is 19.0 Å². The number of nitrogens with zero attached hydrogens (tertiary/aromatic N) is 3. The number of halogens is 1. The van der Waals surface area contributed by atoms with Gasteiger partial charge < -0.3 is 14.4 Å². The van der Waals surface area contributed by atoms with Gasteiger partial charge in [0.05, 0.1) is 37.1 Å². The fourth-order valence-corrected chi connectivity index (χ4v) is 3.34. The molecular weight excluding hydrogens is 412 g/mol. The quantitative estimate of drug-likeness (QED) is 0.462. The molecule has 1 aliphatic rings. The van der Waals surface area contributed by atoms with Crippen molar-refractivity contribution in [3.8, 4) is 17.4 Å². The van der Waals surface area contributed by atoms with Crippen molar-refractivity contribution in [2.75, 3.05) is 12.0 Å².